The van der Waals surface area contributed by atoms with Crippen molar-refractivity contribution in [2.45, 2.75) is 117 Å². The van der Waals surface area contributed by atoms with E-state index in [2.05, 4.69) is 0 Å². The Labute approximate surface area is 391 Å². The smallest absolute Gasteiger partial charge is 0.178 e. The largest absolute Gasteiger partial charge is 0.748 e. The molecule has 4 rings (SSSR count). The molecule has 0 aromatic heterocycles. The number of nitrogens with one attached hydrogen (secondary N) is 4. The normalized spacial score (nSPS) is 37.7. The number of carbonyl (C=O) groups is 2. The van der Waals surface area contributed by atoms with E-state index in [9.17, 15) is 118 Å². The number of aliphatic hydroxyl groups is 4. The molecule has 0 spiro atoms. The molecule has 4 aliphatic rings. The Morgan fingerprint density at radius 2 is 1.12 bits per heavy atom. The van der Waals surface area contributed by atoms with Gasteiger partial charge in [-0.15, -0.1) is 0 Å². The van der Waals surface area contributed by atoms with E-state index in [-0.39, 0.29) is 0 Å². The van der Waals surface area contributed by atoms with Crippen molar-refractivity contribution in [2.75, 3.05) is 18.1 Å². The number of carboxylic acid groups (broad SMARTS) is 2. The fourth-order valence-electron chi connectivity index (χ4n) is 8.29. The van der Waals surface area contributed by atoms with Gasteiger partial charge in [0, 0.05) is 24.0 Å². The predicted molar refractivity (Wildman–Crippen MR) is 200 cm³/mol. The van der Waals surface area contributed by atoms with Crippen LogP contribution in [0.1, 0.15) is 19.8 Å². The monoisotopic (exact) mass is 1120 g/mol. The fourth-order valence-corrected chi connectivity index (χ4v) is 12.4. The molecule has 69 heavy (non-hydrogen) atoms. The van der Waals surface area contributed by atoms with E-state index in [4.69, 9.17) is 23.7 Å². The Morgan fingerprint density at radius 1 is 0.638 bits per heavy atom. The molecular formula is C28H40N4O31S6-8. The molecule has 35 nitrogen and oxygen atoms in total. The van der Waals surface area contributed by atoms with Crippen molar-refractivity contribution in [3.8, 4) is 0 Å². The first-order chi connectivity index (χ1) is 31.1. The van der Waals surface area contributed by atoms with Crippen molar-refractivity contribution in [2.24, 2.45) is 11.8 Å². The van der Waals surface area contributed by atoms with Gasteiger partial charge in [0.05, 0.1) is 99.3 Å². The zero-order chi connectivity index (χ0) is 52.7. The van der Waals surface area contributed by atoms with Crippen molar-refractivity contribution in [1.82, 2.24) is 18.9 Å². The van der Waals surface area contributed by atoms with Crippen molar-refractivity contribution in [1.29, 1.82) is 0 Å². The molecule has 3 fully saturated rings. The number of hydrogen-bond donors (Lipinski definition) is 8. The van der Waals surface area contributed by atoms with Crippen LogP contribution in [-0.4, -0.2) is 226 Å². The number of carboxylic acids is 2. The van der Waals surface area contributed by atoms with Crippen molar-refractivity contribution in [3.63, 3.8) is 0 Å². The molecule has 41 heteroatoms. The van der Waals surface area contributed by atoms with Gasteiger partial charge in [0.15, 0.2) is 47.5 Å². The highest BCUT2D eigenvalue weighted by Crippen LogP contribution is 2.38. The number of aliphatic hydroxyl groups excluding tert-OH is 4. The van der Waals surface area contributed by atoms with Gasteiger partial charge in [0.1, 0.15) is 36.6 Å². The second kappa shape index (κ2) is 22.0. The third-order valence-corrected chi connectivity index (χ3v) is 14.7. The lowest BCUT2D eigenvalue weighted by Gasteiger charge is -2.50. The van der Waals surface area contributed by atoms with Crippen LogP contribution in [0.25, 0.3) is 0 Å². The van der Waals surface area contributed by atoms with Crippen LogP contribution in [-0.2, 0) is 94.7 Å². The first-order valence-corrected chi connectivity index (χ1v) is 27.8. The van der Waals surface area contributed by atoms with Gasteiger partial charge in [0.2, 0.25) is 0 Å². The minimum absolute atomic E-state index is 0.506. The molecule has 1 saturated carbocycles. The minimum Gasteiger partial charge on any atom is -0.748 e. The van der Waals surface area contributed by atoms with Crippen LogP contribution in [0.2, 0.25) is 0 Å². The van der Waals surface area contributed by atoms with E-state index in [1.165, 1.54) is 18.9 Å². The van der Waals surface area contributed by atoms with Gasteiger partial charge in [0.25, 0.3) is 0 Å². The van der Waals surface area contributed by atoms with Crippen LogP contribution in [0.5, 0.6) is 0 Å². The molecular weight excluding hydrogens is 1080 g/mol. The van der Waals surface area contributed by atoms with Gasteiger partial charge in [-0.3, -0.25) is 0 Å². The average Bonchev–Trinajstić information content (AvgIpc) is 3.13. The summed E-state index contributed by atoms with van der Waals surface area (Å²) in [7, 11) is -33.7. The Balaban J connectivity index is 1.74. The van der Waals surface area contributed by atoms with Crippen LogP contribution in [0, 0.1) is 11.8 Å². The van der Waals surface area contributed by atoms with E-state index in [1.807, 2.05) is 0 Å². The highest BCUT2D eigenvalue weighted by molar-refractivity contribution is 7.86. The fraction of sp³-hybridized carbons (Fsp3) is 0.857. The quantitative estimate of drug-likeness (QED) is 0.0495. The molecule has 2 aliphatic heterocycles. The van der Waals surface area contributed by atoms with E-state index in [0.29, 0.717) is 6.08 Å². The number of rotatable bonds is 21. The van der Waals surface area contributed by atoms with Gasteiger partial charge in [-0.05, 0) is 25.0 Å². The molecule has 2 aliphatic carbocycles. The van der Waals surface area contributed by atoms with Crippen molar-refractivity contribution < 1.29 is 142 Å². The molecule has 2 heterocycles. The van der Waals surface area contributed by atoms with Crippen LogP contribution >= 0.6 is 0 Å². The molecule has 0 amide bonds. The lowest BCUT2D eigenvalue weighted by molar-refractivity contribution is -0.352. The summed E-state index contributed by atoms with van der Waals surface area (Å²) < 4.78 is 245. The number of ether oxygens (including phenoxy) is 5. The number of aliphatic carboxylic acids is 2. The van der Waals surface area contributed by atoms with Crippen molar-refractivity contribution >= 4 is 73.4 Å². The molecule has 2 saturated heterocycles. The van der Waals surface area contributed by atoms with Gasteiger partial charge in [-0.1, -0.05) is 0 Å². The molecule has 402 valence electrons. The predicted octanol–water partition coefficient (Wildman–Crippen LogP) is -13.3. The summed E-state index contributed by atoms with van der Waals surface area (Å²) in [5.74, 6) is -11.7. The maximum atomic E-state index is 12.5. The van der Waals surface area contributed by atoms with E-state index < -0.39 is 219 Å². The average molecular weight is 1120 g/mol. The third kappa shape index (κ3) is 17.1. The van der Waals surface area contributed by atoms with Crippen molar-refractivity contribution in [3.05, 3.63) is 11.6 Å². The first kappa shape index (κ1) is 59.2. The summed E-state index contributed by atoms with van der Waals surface area (Å²) in [6.07, 6.45) is -30.8. The molecule has 18 atom stereocenters. The highest BCUT2D eigenvalue weighted by atomic mass is 32.3. The Bertz CT molecular complexity index is 2600. The summed E-state index contributed by atoms with van der Waals surface area (Å²) in [5, 5.41) is 68.7. The van der Waals surface area contributed by atoms with Crippen LogP contribution in [0.4, 0.5) is 0 Å². The standard InChI is InChI=1S/C28H48N4O31S6/c1-8-15(29-66(47,48)49)19(34)23(14(60-8)7-65(44,45)46)62-28-18(32-69(56,57)58)21(36)24(25(63-28)27(39)40)59-5-10-2-11(6-64(41,42)43)22(20(35)16(10)30-67(50,51)52)61-13-4-9(26(37)38)3-12(33)17(13)31-68(53,54)55/h3,8,10-25,28-36H,2,4-7H2,1H3,(H,37,38)(H,39,40)(H,41,42,43)(H,44,45,46)(H,47,48,49)(H,50,51,52)(H,53,54,55)(H,56,57,58)/p-8/t8-,10+,11?,12+,13+,14?,15?,16?,17?,18?,19-,20-,21-,22+,23+,24-,25?,28+/m0/s1. The second-order valence-corrected chi connectivity index (χ2v) is 23.4. The summed E-state index contributed by atoms with van der Waals surface area (Å²) in [6.45, 7) is -0.398. The Kier molecular flexibility index (Phi) is 18.9. The van der Waals surface area contributed by atoms with E-state index >= 15 is 0 Å². The number of carbonyl (C=O) groups excluding carboxylic acids is 2. The summed E-state index contributed by atoms with van der Waals surface area (Å²) in [4.78, 5) is 24.2. The zero-order valence-electron chi connectivity index (χ0n) is 34.3. The third-order valence-electron chi connectivity index (χ3n) is 10.9. The Morgan fingerprint density at radius 3 is 1.61 bits per heavy atom. The molecule has 7 unspecified atom stereocenters. The highest BCUT2D eigenvalue weighted by Gasteiger charge is 2.54. The lowest BCUT2D eigenvalue weighted by atomic mass is 9.75. The van der Waals surface area contributed by atoms with Gasteiger partial charge in [-0.25, -0.2) is 69.4 Å². The Hall–Kier alpha value is -2.38. The molecule has 8 N–H and O–H groups in total. The molecule has 0 radical (unpaired) electrons. The van der Waals surface area contributed by atoms with Crippen LogP contribution < -0.4 is 29.1 Å². The summed E-state index contributed by atoms with van der Waals surface area (Å²) in [6, 6.07) is -9.30. The van der Waals surface area contributed by atoms with Gasteiger partial charge >= 0.3 is 0 Å². The second-order valence-electron chi connectivity index (χ2n) is 15.9. The van der Waals surface area contributed by atoms with Crippen LogP contribution in [0.3, 0.4) is 0 Å². The van der Waals surface area contributed by atoms with E-state index in [1.54, 1.807) is 0 Å². The molecule has 0 aromatic carbocycles. The maximum Gasteiger partial charge on any atom is 0.178 e. The maximum absolute atomic E-state index is 12.5. The summed E-state index contributed by atoms with van der Waals surface area (Å²) >= 11 is 0. The lowest BCUT2D eigenvalue weighted by Crippen LogP contribution is -2.70. The first-order valence-electron chi connectivity index (χ1n) is 19.0. The molecule has 0 bridgehead atoms. The zero-order valence-corrected chi connectivity index (χ0v) is 39.2. The number of hydrogen-bond acceptors (Lipinski definition) is 31. The van der Waals surface area contributed by atoms with Crippen LogP contribution in [0.15, 0.2) is 11.6 Å². The summed E-state index contributed by atoms with van der Waals surface area (Å²) in [5.41, 5.74) is -0.833. The topological polar surface area (TPSA) is 599 Å². The van der Waals surface area contributed by atoms with Gasteiger partial charge in [-0.2, -0.15) is 0 Å². The van der Waals surface area contributed by atoms with Gasteiger partial charge < -0.3 is 91.2 Å². The molecule has 0 aromatic rings. The van der Waals surface area contributed by atoms with E-state index in [0.717, 1.165) is 6.92 Å². The minimum atomic E-state index is -5.90. The SMILES string of the molecule is C[C@@H]1OC(CS(=O)(=O)[O-])[C@@H](O[C@@H]2OC(C(=O)[O-])[C@@H](OC[C@H]3CC(CS(=O)(=O)[O-])[C@@H](O[C@@H]4CC(C(=O)[O-])=C[C@@H](O)C4NS(=O)(=O)[O-])[C@@H](O)C3NS(=O)(=O)[O-])[C@@H](O)C2NS(=O)(=O)[O-])[C@@H](O)C1NS(=O)(=O)[O-].